The van der Waals surface area contributed by atoms with Gasteiger partial charge in [0.25, 0.3) is 0 Å². The van der Waals surface area contributed by atoms with Crippen LogP contribution in [0.4, 0.5) is 0 Å². The van der Waals surface area contributed by atoms with E-state index in [9.17, 15) is 4.79 Å². The Bertz CT molecular complexity index is 677. The number of nitrogens with zero attached hydrogens (tertiary/aromatic N) is 3. The minimum absolute atomic E-state index is 0. The summed E-state index contributed by atoms with van der Waals surface area (Å²) in [5.41, 5.74) is 0.814. The van der Waals surface area contributed by atoms with E-state index in [1.54, 1.807) is 12.1 Å². The van der Waals surface area contributed by atoms with Crippen molar-refractivity contribution in [3.8, 4) is 11.4 Å². The molecule has 124 valence electrons. The molecule has 1 aliphatic heterocycles. The molecule has 0 amide bonds. The highest BCUT2D eigenvalue weighted by atomic mass is 35.5. The van der Waals surface area contributed by atoms with E-state index in [4.69, 9.17) is 21.2 Å². The van der Waals surface area contributed by atoms with Crippen molar-refractivity contribution in [2.75, 3.05) is 19.6 Å². The number of halogens is 2. The fraction of sp³-hybridized carbons (Fsp3) is 0.400. The number of hydrogen-bond donors (Lipinski definition) is 1. The normalized spacial score (nSPS) is 17.9. The van der Waals surface area contributed by atoms with Crippen molar-refractivity contribution in [3.05, 3.63) is 35.2 Å². The van der Waals surface area contributed by atoms with Crippen LogP contribution in [-0.2, 0) is 11.2 Å². The maximum atomic E-state index is 10.9. The quantitative estimate of drug-likeness (QED) is 0.885. The standard InChI is InChI=1S/C15H16ClN3O3.ClH/c16-12-3-1-2-10(8-12)14-17-13(22-18-14)5-7-19-6-4-11(9-19)15(20)21;/h1-3,8,11H,4-7,9H2,(H,20,21);1H. The Kier molecular flexibility index (Phi) is 5.98. The van der Waals surface area contributed by atoms with Gasteiger partial charge in [0.15, 0.2) is 0 Å². The number of carboxylic acid groups (broad SMARTS) is 1. The number of likely N-dealkylation sites (tertiary alicyclic amines) is 1. The zero-order valence-electron chi connectivity index (χ0n) is 12.3. The maximum absolute atomic E-state index is 10.9. The minimum Gasteiger partial charge on any atom is -0.481 e. The topological polar surface area (TPSA) is 79.5 Å². The third kappa shape index (κ3) is 4.43. The molecule has 2 heterocycles. The number of carbonyl (C=O) groups is 1. The Morgan fingerprint density at radius 1 is 1.48 bits per heavy atom. The molecule has 6 nitrogen and oxygen atoms in total. The van der Waals surface area contributed by atoms with Crippen LogP contribution in [0.15, 0.2) is 28.8 Å². The fourth-order valence-corrected chi connectivity index (χ4v) is 2.78. The molecule has 1 atom stereocenters. The Morgan fingerprint density at radius 3 is 3.00 bits per heavy atom. The highest BCUT2D eigenvalue weighted by Crippen LogP contribution is 2.20. The van der Waals surface area contributed by atoms with Gasteiger partial charge < -0.3 is 14.5 Å². The van der Waals surface area contributed by atoms with Gasteiger partial charge in [-0.2, -0.15) is 4.98 Å². The molecule has 0 aliphatic carbocycles. The van der Waals surface area contributed by atoms with Crippen LogP contribution < -0.4 is 0 Å². The van der Waals surface area contributed by atoms with Gasteiger partial charge in [-0.3, -0.25) is 4.79 Å². The van der Waals surface area contributed by atoms with Crippen molar-refractivity contribution in [3.63, 3.8) is 0 Å². The van der Waals surface area contributed by atoms with E-state index in [1.165, 1.54) is 0 Å². The van der Waals surface area contributed by atoms with E-state index in [0.29, 0.717) is 36.1 Å². The summed E-state index contributed by atoms with van der Waals surface area (Å²) in [7, 11) is 0. The van der Waals surface area contributed by atoms with Gasteiger partial charge in [0.1, 0.15) is 0 Å². The van der Waals surface area contributed by atoms with Gasteiger partial charge in [-0.05, 0) is 25.1 Å². The minimum atomic E-state index is -0.719. The molecule has 2 aromatic rings. The molecule has 1 aromatic carbocycles. The molecular weight excluding hydrogens is 341 g/mol. The van der Waals surface area contributed by atoms with E-state index in [2.05, 4.69) is 15.0 Å². The lowest BCUT2D eigenvalue weighted by atomic mass is 10.1. The zero-order valence-corrected chi connectivity index (χ0v) is 13.9. The Hall–Kier alpha value is -1.63. The summed E-state index contributed by atoms with van der Waals surface area (Å²) in [5, 5.41) is 13.6. The summed E-state index contributed by atoms with van der Waals surface area (Å²) in [6.45, 7) is 2.11. The molecule has 1 fully saturated rings. The maximum Gasteiger partial charge on any atom is 0.307 e. The molecule has 1 unspecified atom stereocenters. The van der Waals surface area contributed by atoms with Crippen LogP contribution in [0.1, 0.15) is 12.3 Å². The lowest BCUT2D eigenvalue weighted by Crippen LogP contribution is -2.25. The average molecular weight is 358 g/mol. The highest BCUT2D eigenvalue weighted by molar-refractivity contribution is 6.30. The molecule has 0 bridgehead atoms. The number of aliphatic carboxylic acids is 1. The van der Waals surface area contributed by atoms with Gasteiger partial charge in [0.05, 0.1) is 5.92 Å². The Balaban J connectivity index is 0.00000192. The second-order valence-corrected chi connectivity index (χ2v) is 5.83. The van der Waals surface area contributed by atoms with Crippen molar-refractivity contribution < 1.29 is 14.4 Å². The Labute approximate surface area is 144 Å². The molecule has 23 heavy (non-hydrogen) atoms. The summed E-state index contributed by atoms with van der Waals surface area (Å²) >= 11 is 5.95. The zero-order chi connectivity index (χ0) is 15.5. The average Bonchev–Trinajstić information content (AvgIpc) is 3.14. The summed E-state index contributed by atoms with van der Waals surface area (Å²) in [5.74, 6) is 0.0873. The number of aromatic nitrogens is 2. The lowest BCUT2D eigenvalue weighted by Gasteiger charge is -2.12. The van der Waals surface area contributed by atoms with Gasteiger partial charge in [0.2, 0.25) is 11.7 Å². The van der Waals surface area contributed by atoms with E-state index in [0.717, 1.165) is 18.7 Å². The molecule has 3 rings (SSSR count). The molecule has 0 saturated carbocycles. The monoisotopic (exact) mass is 357 g/mol. The van der Waals surface area contributed by atoms with Crippen LogP contribution in [0.3, 0.4) is 0 Å². The van der Waals surface area contributed by atoms with Gasteiger partial charge in [-0.15, -0.1) is 12.4 Å². The van der Waals surface area contributed by atoms with Gasteiger partial charge in [-0.1, -0.05) is 28.9 Å². The van der Waals surface area contributed by atoms with Crippen LogP contribution >= 0.6 is 24.0 Å². The first-order chi connectivity index (χ1) is 10.6. The largest absolute Gasteiger partial charge is 0.481 e. The molecule has 0 radical (unpaired) electrons. The van der Waals surface area contributed by atoms with Crippen LogP contribution in [-0.4, -0.2) is 45.8 Å². The van der Waals surface area contributed by atoms with Crippen molar-refractivity contribution in [2.24, 2.45) is 5.92 Å². The van der Waals surface area contributed by atoms with Crippen molar-refractivity contribution in [1.29, 1.82) is 0 Å². The van der Waals surface area contributed by atoms with Crippen LogP contribution in [0.25, 0.3) is 11.4 Å². The van der Waals surface area contributed by atoms with Crippen LogP contribution in [0.2, 0.25) is 5.02 Å². The molecule has 1 aromatic heterocycles. The smallest absolute Gasteiger partial charge is 0.307 e. The first-order valence-electron chi connectivity index (χ1n) is 7.15. The lowest BCUT2D eigenvalue weighted by molar-refractivity contribution is -0.141. The second kappa shape index (κ2) is 7.77. The van der Waals surface area contributed by atoms with Gasteiger partial charge >= 0.3 is 5.97 Å². The molecule has 1 saturated heterocycles. The highest BCUT2D eigenvalue weighted by Gasteiger charge is 2.27. The molecular formula is C15H17Cl2N3O3. The van der Waals surface area contributed by atoms with E-state index in [1.807, 2.05) is 12.1 Å². The summed E-state index contributed by atoms with van der Waals surface area (Å²) in [6.07, 6.45) is 1.31. The summed E-state index contributed by atoms with van der Waals surface area (Å²) < 4.78 is 5.25. The van der Waals surface area contributed by atoms with Crippen LogP contribution in [0, 0.1) is 5.92 Å². The molecule has 1 N–H and O–H groups in total. The number of carboxylic acids is 1. The Morgan fingerprint density at radius 2 is 2.30 bits per heavy atom. The van der Waals surface area contributed by atoms with Crippen LogP contribution in [0.5, 0.6) is 0 Å². The van der Waals surface area contributed by atoms with Crippen molar-refractivity contribution in [2.45, 2.75) is 12.8 Å². The second-order valence-electron chi connectivity index (χ2n) is 5.40. The molecule has 1 aliphatic rings. The van der Waals surface area contributed by atoms with Gasteiger partial charge in [0, 0.05) is 30.1 Å². The number of rotatable bonds is 5. The first-order valence-corrected chi connectivity index (χ1v) is 7.53. The van der Waals surface area contributed by atoms with Crippen molar-refractivity contribution in [1.82, 2.24) is 15.0 Å². The number of benzene rings is 1. The van der Waals surface area contributed by atoms with E-state index in [-0.39, 0.29) is 18.3 Å². The number of hydrogen-bond acceptors (Lipinski definition) is 5. The third-order valence-corrected chi connectivity index (χ3v) is 4.05. The molecule has 0 spiro atoms. The van der Waals surface area contributed by atoms with Gasteiger partial charge in [-0.25, -0.2) is 0 Å². The first kappa shape index (κ1) is 17.7. The van der Waals surface area contributed by atoms with Crippen molar-refractivity contribution >= 4 is 30.0 Å². The predicted octanol–water partition coefficient (Wildman–Crippen LogP) is 2.76. The van der Waals surface area contributed by atoms with E-state index >= 15 is 0 Å². The van der Waals surface area contributed by atoms with E-state index < -0.39 is 5.97 Å². The SMILES string of the molecule is Cl.O=C(O)C1CCN(CCc2nc(-c3cccc(Cl)c3)no2)C1. The summed E-state index contributed by atoms with van der Waals surface area (Å²) in [4.78, 5) is 17.4. The predicted molar refractivity (Wildman–Crippen MR) is 87.9 cm³/mol. The fourth-order valence-electron chi connectivity index (χ4n) is 2.59. The summed E-state index contributed by atoms with van der Waals surface area (Å²) in [6, 6.07) is 7.29. The third-order valence-electron chi connectivity index (χ3n) is 3.81. The molecule has 8 heteroatoms.